The van der Waals surface area contributed by atoms with Crippen molar-refractivity contribution in [1.29, 1.82) is 0 Å². The van der Waals surface area contributed by atoms with E-state index in [1.807, 2.05) is 0 Å². The first-order chi connectivity index (χ1) is 10.1. The lowest BCUT2D eigenvalue weighted by molar-refractivity contribution is -0.422. The van der Waals surface area contributed by atoms with Crippen molar-refractivity contribution in [2.75, 3.05) is 0 Å². The molecular formula is C8H2Cl2F14. The standard InChI is InChI=1S/C8H2Cl2F14/c9-1(2(10)4(13,14)15)3(11,12)5(16,17)6(18,19)7(20,21)8(22,23)24/h1-2H. The van der Waals surface area contributed by atoms with Gasteiger partial charge in [-0.25, -0.2) is 0 Å². The molecule has 0 bridgehead atoms. The highest BCUT2D eigenvalue weighted by Gasteiger charge is 2.88. The fourth-order valence-corrected chi connectivity index (χ4v) is 1.55. The number of hydrogen-bond donors (Lipinski definition) is 0. The van der Waals surface area contributed by atoms with Crippen molar-refractivity contribution in [2.24, 2.45) is 0 Å². The molecule has 0 N–H and O–H groups in total. The third-order valence-corrected chi connectivity index (χ3v) is 3.63. The summed E-state index contributed by atoms with van der Waals surface area (Å²) in [5, 5.41) is -8.67. The Labute approximate surface area is 132 Å². The van der Waals surface area contributed by atoms with Crippen LogP contribution in [-0.2, 0) is 0 Å². The van der Waals surface area contributed by atoms with E-state index >= 15 is 0 Å². The molecule has 24 heavy (non-hydrogen) atoms. The zero-order chi connectivity index (χ0) is 20.2. The minimum atomic E-state index is -7.85. The molecule has 0 heterocycles. The lowest BCUT2D eigenvalue weighted by atomic mass is 9.94. The molecule has 0 fully saturated rings. The summed E-state index contributed by atoms with van der Waals surface area (Å²) in [5.41, 5.74) is 0. The molecule has 0 spiro atoms. The molecule has 0 aromatic heterocycles. The molecule has 0 nitrogen and oxygen atoms in total. The van der Waals surface area contributed by atoms with E-state index in [1.165, 1.54) is 0 Å². The number of alkyl halides is 16. The van der Waals surface area contributed by atoms with Crippen LogP contribution in [0.3, 0.4) is 0 Å². The van der Waals surface area contributed by atoms with E-state index in [0.29, 0.717) is 0 Å². The third-order valence-electron chi connectivity index (χ3n) is 2.48. The highest BCUT2D eigenvalue weighted by Crippen LogP contribution is 2.59. The Morgan fingerprint density at radius 2 is 0.792 bits per heavy atom. The van der Waals surface area contributed by atoms with Gasteiger partial charge in [0.15, 0.2) is 5.38 Å². The first kappa shape index (κ1) is 23.6. The monoisotopic (exact) mass is 434 g/mol. The Morgan fingerprint density at radius 1 is 0.458 bits per heavy atom. The summed E-state index contributed by atoms with van der Waals surface area (Å²) in [6.45, 7) is 0. The quantitative estimate of drug-likeness (QED) is 0.375. The lowest BCUT2D eigenvalue weighted by Crippen LogP contribution is -2.69. The molecule has 0 aliphatic heterocycles. The summed E-state index contributed by atoms with van der Waals surface area (Å²) in [5.74, 6) is -30.1. The van der Waals surface area contributed by atoms with Crippen molar-refractivity contribution in [3.63, 3.8) is 0 Å². The normalized spacial score (nSPS) is 18.5. The van der Waals surface area contributed by atoms with E-state index in [0.717, 1.165) is 0 Å². The van der Waals surface area contributed by atoms with Gasteiger partial charge in [-0.3, -0.25) is 0 Å². The topological polar surface area (TPSA) is 0 Å². The Bertz CT molecular complexity index is 449. The molecule has 16 heteroatoms. The zero-order valence-electron chi connectivity index (χ0n) is 10.2. The predicted molar refractivity (Wildman–Crippen MR) is 51.2 cm³/mol. The maximum absolute atomic E-state index is 13.1. The molecule has 0 aromatic rings. The van der Waals surface area contributed by atoms with Gasteiger partial charge in [-0.2, -0.15) is 61.5 Å². The van der Waals surface area contributed by atoms with Crippen molar-refractivity contribution in [3.05, 3.63) is 0 Å². The Balaban J connectivity index is 6.12. The fourth-order valence-electron chi connectivity index (χ4n) is 1.11. The van der Waals surface area contributed by atoms with Crippen LogP contribution in [-0.4, -0.2) is 46.8 Å². The second-order valence-corrected chi connectivity index (χ2v) is 5.13. The largest absolute Gasteiger partial charge is 0.460 e. The molecule has 0 saturated carbocycles. The molecule has 0 saturated heterocycles. The van der Waals surface area contributed by atoms with Gasteiger partial charge in [-0.15, -0.1) is 23.2 Å². The average molecular weight is 435 g/mol. The van der Waals surface area contributed by atoms with Crippen LogP contribution < -0.4 is 0 Å². The van der Waals surface area contributed by atoms with Crippen LogP contribution in [0.4, 0.5) is 61.5 Å². The van der Waals surface area contributed by atoms with Gasteiger partial charge in [0.25, 0.3) is 0 Å². The second kappa shape index (κ2) is 6.09. The third kappa shape index (κ3) is 3.44. The Morgan fingerprint density at radius 3 is 1.04 bits per heavy atom. The van der Waals surface area contributed by atoms with Gasteiger partial charge in [0.1, 0.15) is 5.38 Å². The molecule has 2 atom stereocenters. The molecule has 0 aliphatic carbocycles. The molecular weight excluding hydrogens is 433 g/mol. The van der Waals surface area contributed by atoms with Gasteiger partial charge < -0.3 is 0 Å². The predicted octanol–water partition coefficient (Wildman–Crippen LogP) is 5.87. The molecule has 0 rings (SSSR count). The van der Waals surface area contributed by atoms with Crippen molar-refractivity contribution >= 4 is 23.2 Å². The van der Waals surface area contributed by atoms with E-state index in [9.17, 15) is 61.5 Å². The van der Waals surface area contributed by atoms with E-state index < -0.39 is 46.8 Å². The summed E-state index contributed by atoms with van der Waals surface area (Å²) < 4.78 is 174. The van der Waals surface area contributed by atoms with Crippen molar-refractivity contribution in [1.82, 2.24) is 0 Å². The first-order valence-corrected chi connectivity index (χ1v) is 5.87. The summed E-state index contributed by atoms with van der Waals surface area (Å²) in [6.07, 6.45) is -13.4. The zero-order valence-corrected chi connectivity index (χ0v) is 11.7. The maximum Gasteiger partial charge on any atom is 0.460 e. The van der Waals surface area contributed by atoms with Crippen LogP contribution in [0.2, 0.25) is 0 Å². The maximum atomic E-state index is 13.1. The molecule has 0 radical (unpaired) electrons. The fraction of sp³-hybridized carbons (Fsp3) is 1.00. The first-order valence-electron chi connectivity index (χ1n) is 4.99. The van der Waals surface area contributed by atoms with Crippen molar-refractivity contribution in [2.45, 2.75) is 46.8 Å². The molecule has 146 valence electrons. The van der Waals surface area contributed by atoms with Gasteiger partial charge in [0, 0.05) is 0 Å². The van der Waals surface area contributed by atoms with Crippen LogP contribution in [0.1, 0.15) is 0 Å². The second-order valence-electron chi connectivity index (χ2n) is 4.19. The molecule has 0 aromatic carbocycles. The highest BCUT2D eigenvalue weighted by molar-refractivity contribution is 6.30. The highest BCUT2D eigenvalue weighted by atomic mass is 35.5. The molecule has 0 amide bonds. The number of rotatable bonds is 5. The van der Waals surface area contributed by atoms with Crippen LogP contribution in [0, 0.1) is 0 Å². The molecule has 2 unspecified atom stereocenters. The summed E-state index contributed by atoms with van der Waals surface area (Å²) in [6, 6.07) is 0. The summed E-state index contributed by atoms with van der Waals surface area (Å²) in [4.78, 5) is 0. The number of halogens is 16. The summed E-state index contributed by atoms with van der Waals surface area (Å²) in [7, 11) is 0. The van der Waals surface area contributed by atoms with Crippen LogP contribution in [0.25, 0.3) is 0 Å². The van der Waals surface area contributed by atoms with E-state index in [-0.39, 0.29) is 0 Å². The molecule has 0 aliphatic rings. The van der Waals surface area contributed by atoms with E-state index in [2.05, 4.69) is 23.2 Å². The minimum absolute atomic E-state index is 4.17. The lowest BCUT2D eigenvalue weighted by Gasteiger charge is -2.39. The van der Waals surface area contributed by atoms with Crippen molar-refractivity contribution < 1.29 is 61.5 Å². The minimum Gasteiger partial charge on any atom is -0.198 e. The van der Waals surface area contributed by atoms with Gasteiger partial charge in [0.2, 0.25) is 0 Å². The van der Waals surface area contributed by atoms with Gasteiger partial charge in [0.05, 0.1) is 0 Å². The summed E-state index contributed by atoms with van der Waals surface area (Å²) >= 11 is 8.45. The SMILES string of the molecule is FC(F)(F)C(Cl)C(Cl)C(F)(F)C(F)(F)C(F)(F)C(F)(F)C(F)(F)F. The van der Waals surface area contributed by atoms with Crippen molar-refractivity contribution in [3.8, 4) is 0 Å². The van der Waals surface area contributed by atoms with Crippen LogP contribution in [0.5, 0.6) is 0 Å². The Hall–Kier alpha value is -0.400. The van der Waals surface area contributed by atoms with Crippen LogP contribution >= 0.6 is 23.2 Å². The Kier molecular flexibility index (Phi) is 5.99. The smallest absolute Gasteiger partial charge is 0.198 e. The van der Waals surface area contributed by atoms with Gasteiger partial charge >= 0.3 is 36.0 Å². The van der Waals surface area contributed by atoms with Gasteiger partial charge in [-0.1, -0.05) is 0 Å². The average Bonchev–Trinajstić information content (AvgIpc) is 2.33. The van der Waals surface area contributed by atoms with Gasteiger partial charge in [-0.05, 0) is 0 Å². The van der Waals surface area contributed by atoms with E-state index in [4.69, 9.17) is 0 Å². The van der Waals surface area contributed by atoms with E-state index in [1.54, 1.807) is 0 Å². The number of hydrogen-bond acceptors (Lipinski definition) is 0. The van der Waals surface area contributed by atoms with Crippen LogP contribution in [0.15, 0.2) is 0 Å².